The van der Waals surface area contributed by atoms with Crippen molar-refractivity contribution in [3.8, 4) is 0 Å². The molecule has 0 spiro atoms. The molecule has 0 saturated heterocycles. The molecule has 23 heavy (non-hydrogen) atoms. The average Bonchev–Trinajstić information content (AvgIpc) is 2.52. The summed E-state index contributed by atoms with van der Waals surface area (Å²) in [6.07, 6.45) is 12.1. The summed E-state index contributed by atoms with van der Waals surface area (Å²) in [6.45, 7) is 8.61. The van der Waals surface area contributed by atoms with Gasteiger partial charge in [0.25, 0.3) is 5.91 Å². The minimum Gasteiger partial charge on any atom is -0.265 e. The summed E-state index contributed by atoms with van der Waals surface area (Å²) in [5.74, 6) is -0.362. The van der Waals surface area contributed by atoms with Gasteiger partial charge in [-0.25, -0.2) is 10.4 Å². The van der Waals surface area contributed by atoms with Crippen LogP contribution in [0.25, 0.3) is 0 Å². The lowest BCUT2D eigenvalue weighted by Gasteiger charge is -2.32. The van der Waals surface area contributed by atoms with E-state index in [1.807, 2.05) is 13.0 Å². The van der Waals surface area contributed by atoms with E-state index < -0.39 is 0 Å². The number of aromatic nitrogens is 2. The Morgan fingerprint density at radius 3 is 2.83 bits per heavy atom. The van der Waals surface area contributed by atoms with E-state index in [2.05, 4.69) is 47.3 Å². The topological polar surface area (TPSA) is 67.2 Å². The smallest absolute Gasteiger partial charge is 0.265 e. The fourth-order valence-electron chi connectivity index (χ4n) is 2.86. The van der Waals surface area contributed by atoms with E-state index in [4.69, 9.17) is 0 Å². The van der Waals surface area contributed by atoms with Crippen LogP contribution in [0.4, 0.5) is 0 Å². The Bertz CT molecular complexity index is 657. The predicted molar refractivity (Wildman–Crippen MR) is 92.1 cm³/mol. The minimum atomic E-state index is -0.362. The first-order chi connectivity index (χ1) is 10.9. The molecular formula is C18H24N4O. The number of nitrogens with one attached hydrogen (secondary N) is 1. The number of hydrogen-bond acceptors (Lipinski definition) is 4. The summed E-state index contributed by atoms with van der Waals surface area (Å²) in [5, 5.41) is 4.10. The van der Waals surface area contributed by atoms with Crippen LogP contribution in [0.5, 0.6) is 0 Å². The normalized spacial score (nSPS) is 18.3. The lowest BCUT2D eigenvalue weighted by atomic mass is 9.72. The summed E-state index contributed by atoms with van der Waals surface area (Å²) in [6, 6.07) is 0. The quantitative estimate of drug-likeness (QED) is 0.681. The molecule has 1 aromatic rings. The molecule has 5 heteroatoms. The van der Waals surface area contributed by atoms with Crippen molar-refractivity contribution in [3.05, 3.63) is 47.6 Å². The van der Waals surface area contributed by atoms with Crippen LogP contribution in [-0.4, -0.2) is 21.6 Å². The number of nitrogens with zero attached hydrogens (tertiary/aromatic N) is 3. The van der Waals surface area contributed by atoms with Crippen LogP contribution in [0.2, 0.25) is 0 Å². The highest BCUT2D eigenvalue weighted by atomic mass is 16.2. The Balaban J connectivity index is 2.03. The maximum absolute atomic E-state index is 11.9. The zero-order valence-corrected chi connectivity index (χ0v) is 14.3. The van der Waals surface area contributed by atoms with Crippen molar-refractivity contribution in [2.75, 3.05) is 0 Å². The number of amides is 1. The zero-order valence-electron chi connectivity index (χ0n) is 14.3. The molecule has 1 heterocycles. The molecule has 0 bridgehead atoms. The molecular weight excluding hydrogens is 288 g/mol. The molecule has 0 atom stereocenters. The third-order valence-electron chi connectivity index (χ3n) is 4.16. The Labute approximate surface area is 137 Å². The average molecular weight is 312 g/mol. The molecule has 1 N–H and O–H groups in total. The van der Waals surface area contributed by atoms with Crippen molar-refractivity contribution in [2.24, 2.45) is 10.5 Å². The Morgan fingerprint density at radius 1 is 1.39 bits per heavy atom. The highest BCUT2D eigenvalue weighted by molar-refractivity contribution is 5.96. The van der Waals surface area contributed by atoms with E-state index in [0.29, 0.717) is 0 Å². The first-order valence-electron chi connectivity index (χ1n) is 7.89. The lowest BCUT2D eigenvalue weighted by Crippen LogP contribution is -2.20. The maximum Gasteiger partial charge on any atom is 0.291 e. The fraction of sp³-hybridized carbons (Fsp3) is 0.444. The highest BCUT2D eigenvalue weighted by Crippen LogP contribution is 2.40. The first-order valence-corrected chi connectivity index (χ1v) is 7.89. The summed E-state index contributed by atoms with van der Waals surface area (Å²) < 4.78 is 0. The summed E-state index contributed by atoms with van der Waals surface area (Å²) >= 11 is 0. The second-order valence-electron chi connectivity index (χ2n) is 6.55. The number of allylic oxidation sites excluding steroid dienone is 4. The number of carbonyl (C=O) groups excluding carboxylic acids is 1. The van der Waals surface area contributed by atoms with Crippen molar-refractivity contribution in [1.29, 1.82) is 0 Å². The molecule has 0 radical (unpaired) electrons. The van der Waals surface area contributed by atoms with Crippen molar-refractivity contribution < 1.29 is 4.79 Å². The molecule has 0 fully saturated rings. The largest absolute Gasteiger partial charge is 0.291 e. The third kappa shape index (κ3) is 4.58. The minimum absolute atomic E-state index is 0.196. The molecule has 5 nitrogen and oxygen atoms in total. The molecule has 1 aliphatic rings. The van der Waals surface area contributed by atoms with Gasteiger partial charge in [-0.15, -0.1) is 0 Å². The highest BCUT2D eigenvalue weighted by Gasteiger charge is 2.26. The van der Waals surface area contributed by atoms with Gasteiger partial charge in [-0.1, -0.05) is 25.5 Å². The predicted octanol–water partition coefficient (Wildman–Crippen LogP) is 3.67. The van der Waals surface area contributed by atoms with Crippen LogP contribution < -0.4 is 5.43 Å². The molecule has 0 saturated carbocycles. The zero-order chi connectivity index (χ0) is 16.9. The van der Waals surface area contributed by atoms with Crippen molar-refractivity contribution in [2.45, 2.75) is 47.0 Å². The fourth-order valence-corrected chi connectivity index (χ4v) is 2.86. The molecule has 0 aromatic carbocycles. The van der Waals surface area contributed by atoms with Crippen molar-refractivity contribution >= 4 is 11.6 Å². The SMILES string of the molecule is CC(/C=C/C1=C(C)CCCC1(C)C)=NNC(=O)c1cnccn1. The monoisotopic (exact) mass is 312 g/mol. The second-order valence-corrected chi connectivity index (χ2v) is 6.55. The van der Waals surface area contributed by atoms with Gasteiger partial charge in [-0.3, -0.25) is 9.78 Å². The van der Waals surface area contributed by atoms with Gasteiger partial charge in [0.15, 0.2) is 0 Å². The molecule has 0 unspecified atom stereocenters. The number of rotatable bonds is 4. The Kier molecular flexibility index (Phi) is 5.42. The van der Waals surface area contributed by atoms with Crippen LogP contribution in [0.1, 0.15) is 57.4 Å². The van der Waals surface area contributed by atoms with Crippen LogP contribution in [-0.2, 0) is 0 Å². The van der Waals surface area contributed by atoms with Crippen LogP contribution in [0, 0.1) is 5.41 Å². The molecule has 2 rings (SSSR count). The van der Waals surface area contributed by atoms with Gasteiger partial charge in [-0.05, 0) is 50.2 Å². The van der Waals surface area contributed by atoms with Gasteiger partial charge in [0, 0.05) is 12.4 Å². The molecule has 1 aromatic heterocycles. The van der Waals surface area contributed by atoms with E-state index in [1.165, 1.54) is 42.6 Å². The lowest BCUT2D eigenvalue weighted by molar-refractivity contribution is 0.0949. The summed E-state index contributed by atoms with van der Waals surface area (Å²) in [5.41, 5.74) is 6.50. The summed E-state index contributed by atoms with van der Waals surface area (Å²) in [7, 11) is 0. The van der Waals surface area contributed by atoms with E-state index >= 15 is 0 Å². The Hall–Kier alpha value is -2.30. The van der Waals surface area contributed by atoms with E-state index in [-0.39, 0.29) is 17.0 Å². The van der Waals surface area contributed by atoms with Gasteiger partial charge in [0.2, 0.25) is 0 Å². The van der Waals surface area contributed by atoms with Gasteiger partial charge >= 0.3 is 0 Å². The number of hydrazone groups is 1. The number of hydrogen-bond donors (Lipinski definition) is 1. The van der Waals surface area contributed by atoms with E-state index in [1.54, 1.807) is 0 Å². The van der Waals surface area contributed by atoms with Crippen molar-refractivity contribution in [1.82, 2.24) is 15.4 Å². The van der Waals surface area contributed by atoms with Gasteiger partial charge in [0.05, 0.1) is 11.9 Å². The standard InChI is InChI=1S/C18H24N4O/c1-13-6-5-9-18(3,4)15(13)8-7-14(2)21-22-17(23)16-12-19-10-11-20-16/h7-8,10-12H,5-6,9H2,1-4H3,(H,22,23)/b8-7+,21-14?. The van der Waals surface area contributed by atoms with Gasteiger partial charge in [-0.2, -0.15) is 5.10 Å². The van der Waals surface area contributed by atoms with E-state index in [9.17, 15) is 4.79 Å². The van der Waals surface area contributed by atoms with Crippen LogP contribution in [0.3, 0.4) is 0 Å². The molecule has 122 valence electrons. The maximum atomic E-state index is 11.9. The number of carbonyl (C=O) groups is 1. The Morgan fingerprint density at radius 2 is 2.17 bits per heavy atom. The summed E-state index contributed by atoms with van der Waals surface area (Å²) in [4.78, 5) is 19.7. The molecule has 1 aliphatic carbocycles. The van der Waals surface area contributed by atoms with Gasteiger partial charge in [0.1, 0.15) is 5.69 Å². The molecule has 0 aliphatic heterocycles. The van der Waals surface area contributed by atoms with Crippen LogP contribution in [0.15, 0.2) is 47.0 Å². The third-order valence-corrected chi connectivity index (χ3v) is 4.16. The van der Waals surface area contributed by atoms with Gasteiger partial charge < -0.3 is 0 Å². The van der Waals surface area contributed by atoms with Crippen LogP contribution >= 0.6 is 0 Å². The van der Waals surface area contributed by atoms with Crippen molar-refractivity contribution in [3.63, 3.8) is 0 Å². The second kappa shape index (κ2) is 7.31. The molecule has 1 amide bonds. The first kappa shape index (κ1) is 17.1. The van der Waals surface area contributed by atoms with E-state index in [0.717, 1.165) is 12.1 Å².